The topological polar surface area (TPSA) is 34.9 Å². The Morgan fingerprint density at radius 3 is 2.88 bits per heavy atom. The van der Waals surface area contributed by atoms with Gasteiger partial charge in [0.25, 0.3) is 0 Å². The monoisotopic (exact) mass is 296 g/mol. The van der Waals surface area contributed by atoms with Gasteiger partial charge in [0.1, 0.15) is 11.5 Å². The number of halogens is 2. The molecule has 0 saturated heterocycles. The molecule has 88 valence electrons. The van der Waals surface area contributed by atoms with Gasteiger partial charge in [-0.15, -0.1) is 0 Å². The van der Waals surface area contributed by atoms with Crippen LogP contribution in [0.5, 0.6) is 0 Å². The van der Waals surface area contributed by atoms with Crippen molar-refractivity contribution in [2.45, 2.75) is 13.5 Å². The molecule has 0 radical (unpaired) electrons. The summed E-state index contributed by atoms with van der Waals surface area (Å²) < 4.78 is 15.3. The van der Waals surface area contributed by atoms with Crippen molar-refractivity contribution in [3.8, 4) is 11.3 Å². The summed E-state index contributed by atoms with van der Waals surface area (Å²) >= 11 is 3.27. The summed E-state index contributed by atoms with van der Waals surface area (Å²) in [5.41, 5.74) is 1.77. The molecule has 0 aliphatic rings. The maximum atomic E-state index is 13.0. The number of aromatic nitrogens is 2. The summed E-state index contributed by atoms with van der Waals surface area (Å²) in [6.07, 6.45) is 2.43. The molecule has 0 aliphatic carbocycles. The van der Waals surface area contributed by atoms with Crippen molar-refractivity contribution in [3.05, 3.63) is 40.2 Å². The standard InChI is InChI=1S/C12H10BrFN2O/c1-2-16-6-8(7-17)12(15-16)10-4-3-9(14)5-11(10)13/h3-7H,2H2,1H3. The van der Waals surface area contributed by atoms with E-state index in [0.717, 1.165) is 6.29 Å². The second-order valence-electron chi connectivity index (χ2n) is 3.53. The molecule has 0 atom stereocenters. The summed E-state index contributed by atoms with van der Waals surface area (Å²) in [4.78, 5) is 11.0. The first-order valence-corrected chi connectivity index (χ1v) is 5.93. The van der Waals surface area contributed by atoms with Crippen molar-refractivity contribution in [2.24, 2.45) is 0 Å². The van der Waals surface area contributed by atoms with Crippen LogP contribution in [0.25, 0.3) is 11.3 Å². The van der Waals surface area contributed by atoms with E-state index in [4.69, 9.17) is 0 Å². The predicted octanol–water partition coefficient (Wildman–Crippen LogP) is 3.28. The Balaban J connectivity index is 2.58. The van der Waals surface area contributed by atoms with Crippen molar-refractivity contribution < 1.29 is 9.18 Å². The van der Waals surface area contributed by atoms with Crippen LogP contribution in [0, 0.1) is 5.82 Å². The first-order valence-electron chi connectivity index (χ1n) is 5.13. The normalized spacial score (nSPS) is 10.5. The third-order valence-corrected chi connectivity index (χ3v) is 3.08. The largest absolute Gasteiger partial charge is 0.298 e. The van der Waals surface area contributed by atoms with Gasteiger partial charge in [0.2, 0.25) is 0 Å². The molecule has 0 spiro atoms. The molecule has 1 aromatic carbocycles. The van der Waals surface area contributed by atoms with Crippen LogP contribution in [0.4, 0.5) is 4.39 Å². The van der Waals surface area contributed by atoms with E-state index in [1.165, 1.54) is 12.1 Å². The number of benzene rings is 1. The molecule has 0 amide bonds. The third-order valence-electron chi connectivity index (χ3n) is 2.43. The summed E-state index contributed by atoms with van der Waals surface area (Å²) in [5, 5.41) is 4.29. The van der Waals surface area contributed by atoms with Gasteiger partial charge in [0, 0.05) is 22.8 Å². The molecule has 0 fully saturated rings. The molecular formula is C12H10BrFN2O. The van der Waals surface area contributed by atoms with Gasteiger partial charge in [-0.3, -0.25) is 9.48 Å². The van der Waals surface area contributed by atoms with E-state index in [0.29, 0.717) is 27.8 Å². The number of carbonyl (C=O) groups excluding carboxylic acids is 1. The Labute approximate surface area is 106 Å². The summed E-state index contributed by atoms with van der Waals surface area (Å²) in [6.45, 7) is 2.62. The summed E-state index contributed by atoms with van der Waals surface area (Å²) in [5.74, 6) is -0.330. The number of hydrogen-bond donors (Lipinski definition) is 0. The maximum absolute atomic E-state index is 13.0. The van der Waals surface area contributed by atoms with Crippen LogP contribution in [0.1, 0.15) is 17.3 Å². The van der Waals surface area contributed by atoms with Crippen LogP contribution in [-0.4, -0.2) is 16.1 Å². The smallest absolute Gasteiger partial charge is 0.153 e. The van der Waals surface area contributed by atoms with E-state index in [1.54, 1.807) is 16.9 Å². The minimum Gasteiger partial charge on any atom is -0.298 e. The highest BCUT2D eigenvalue weighted by Crippen LogP contribution is 2.29. The van der Waals surface area contributed by atoms with Gasteiger partial charge >= 0.3 is 0 Å². The first kappa shape index (κ1) is 12.0. The van der Waals surface area contributed by atoms with Gasteiger partial charge in [-0.25, -0.2) is 4.39 Å². The van der Waals surface area contributed by atoms with Crippen LogP contribution in [0.3, 0.4) is 0 Å². The molecule has 2 aromatic rings. The lowest BCUT2D eigenvalue weighted by atomic mass is 10.1. The Hall–Kier alpha value is -1.49. The highest BCUT2D eigenvalue weighted by molar-refractivity contribution is 9.10. The molecule has 0 saturated carbocycles. The van der Waals surface area contributed by atoms with E-state index < -0.39 is 0 Å². The fourth-order valence-corrected chi connectivity index (χ4v) is 2.11. The van der Waals surface area contributed by atoms with E-state index in [2.05, 4.69) is 21.0 Å². The molecule has 3 nitrogen and oxygen atoms in total. The van der Waals surface area contributed by atoms with Gasteiger partial charge in [0.05, 0.1) is 5.56 Å². The lowest BCUT2D eigenvalue weighted by Gasteiger charge is -2.02. The van der Waals surface area contributed by atoms with Gasteiger partial charge in [-0.1, -0.05) is 0 Å². The number of aryl methyl sites for hydroxylation is 1. The van der Waals surface area contributed by atoms with E-state index in [-0.39, 0.29) is 5.82 Å². The number of hydrogen-bond acceptors (Lipinski definition) is 2. The summed E-state index contributed by atoms with van der Waals surface area (Å²) in [6, 6.07) is 4.31. The molecule has 5 heteroatoms. The molecule has 0 aliphatic heterocycles. The maximum Gasteiger partial charge on any atom is 0.153 e. The van der Waals surface area contributed by atoms with Crippen molar-refractivity contribution in [1.82, 2.24) is 9.78 Å². The number of aldehydes is 1. The fraction of sp³-hybridized carbons (Fsp3) is 0.167. The number of rotatable bonds is 3. The molecule has 1 heterocycles. The lowest BCUT2D eigenvalue weighted by Crippen LogP contribution is -1.94. The van der Waals surface area contributed by atoms with Crippen LogP contribution >= 0.6 is 15.9 Å². The van der Waals surface area contributed by atoms with Crippen molar-refractivity contribution in [1.29, 1.82) is 0 Å². The van der Waals surface area contributed by atoms with Crippen molar-refractivity contribution in [2.75, 3.05) is 0 Å². The highest BCUT2D eigenvalue weighted by atomic mass is 79.9. The quantitative estimate of drug-likeness (QED) is 0.815. The van der Waals surface area contributed by atoms with Crippen molar-refractivity contribution >= 4 is 22.2 Å². The van der Waals surface area contributed by atoms with Gasteiger partial charge in [-0.05, 0) is 41.1 Å². The number of carbonyl (C=O) groups is 1. The highest BCUT2D eigenvalue weighted by Gasteiger charge is 2.13. The molecular weight excluding hydrogens is 287 g/mol. The molecule has 1 aromatic heterocycles. The van der Waals surface area contributed by atoms with Gasteiger partial charge in [0.15, 0.2) is 6.29 Å². The van der Waals surface area contributed by atoms with E-state index in [1.807, 2.05) is 6.92 Å². The second-order valence-corrected chi connectivity index (χ2v) is 4.39. The van der Waals surface area contributed by atoms with Crippen LogP contribution in [-0.2, 0) is 6.54 Å². The van der Waals surface area contributed by atoms with Crippen LogP contribution in [0.2, 0.25) is 0 Å². The van der Waals surface area contributed by atoms with Crippen molar-refractivity contribution in [3.63, 3.8) is 0 Å². The average Bonchev–Trinajstić information content (AvgIpc) is 2.72. The molecule has 0 bridgehead atoms. The van der Waals surface area contributed by atoms with Gasteiger partial charge < -0.3 is 0 Å². The zero-order chi connectivity index (χ0) is 12.4. The van der Waals surface area contributed by atoms with Crippen LogP contribution < -0.4 is 0 Å². The first-order chi connectivity index (χ1) is 8.15. The SMILES string of the molecule is CCn1cc(C=O)c(-c2ccc(F)cc2Br)n1. The molecule has 0 N–H and O–H groups in total. The van der Waals surface area contributed by atoms with E-state index >= 15 is 0 Å². The minimum atomic E-state index is -0.330. The zero-order valence-electron chi connectivity index (χ0n) is 9.15. The third kappa shape index (κ3) is 2.29. The number of nitrogens with zero attached hydrogens (tertiary/aromatic N) is 2. The minimum absolute atomic E-state index is 0.330. The lowest BCUT2D eigenvalue weighted by molar-refractivity contribution is 0.112. The van der Waals surface area contributed by atoms with Crippen LogP contribution in [0.15, 0.2) is 28.9 Å². The van der Waals surface area contributed by atoms with E-state index in [9.17, 15) is 9.18 Å². The average molecular weight is 297 g/mol. The molecule has 2 rings (SSSR count). The Morgan fingerprint density at radius 2 is 2.29 bits per heavy atom. The second kappa shape index (κ2) is 4.79. The van der Waals surface area contributed by atoms with Gasteiger partial charge in [-0.2, -0.15) is 5.10 Å². The Kier molecular flexibility index (Phi) is 3.38. The fourth-order valence-electron chi connectivity index (χ4n) is 1.58. The Morgan fingerprint density at radius 1 is 1.53 bits per heavy atom. The summed E-state index contributed by atoms with van der Waals surface area (Å²) in [7, 11) is 0. The molecule has 17 heavy (non-hydrogen) atoms. The Bertz CT molecular complexity index is 566. The molecule has 0 unspecified atom stereocenters. The zero-order valence-corrected chi connectivity index (χ0v) is 10.7. The predicted molar refractivity (Wildman–Crippen MR) is 66.4 cm³/mol.